The van der Waals surface area contributed by atoms with E-state index in [1.165, 1.54) is 12.7 Å². The molecule has 0 aliphatic rings. The zero-order valence-electron chi connectivity index (χ0n) is 17.7. The molecular formula is C24H26BrN3O3. The smallest absolute Gasteiger partial charge is 0.272 e. The first kappa shape index (κ1) is 22.7. The van der Waals surface area contributed by atoms with Crippen molar-refractivity contribution in [3.63, 3.8) is 0 Å². The Morgan fingerprint density at radius 2 is 1.84 bits per heavy atom. The van der Waals surface area contributed by atoms with Gasteiger partial charge >= 0.3 is 0 Å². The van der Waals surface area contributed by atoms with Crippen LogP contribution in [-0.4, -0.2) is 45.6 Å². The van der Waals surface area contributed by atoms with E-state index in [1.807, 2.05) is 29.2 Å². The number of aromatic nitrogens is 2. The molecule has 0 fully saturated rings. The van der Waals surface area contributed by atoms with Gasteiger partial charge in [0, 0.05) is 24.7 Å². The summed E-state index contributed by atoms with van der Waals surface area (Å²) < 4.78 is 5.73. The Labute approximate surface area is 191 Å². The summed E-state index contributed by atoms with van der Waals surface area (Å²) in [7, 11) is 1.46. The topological polar surface area (TPSA) is 75.5 Å². The summed E-state index contributed by atoms with van der Waals surface area (Å²) in [6.45, 7) is 2.54. The Morgan fingerprint density at radius 1 is 1.06 bits per heavy atom. The lowest BCUT2D eigenvalue weighted by Gasteiger charge is -2.29. The number of aromatic hydroxyl groups is 1. The van der Waals surface area contributed by atoms with Gasteiger partial charge in [0.25, 0.3) is 11.8 Å². The molecule has 2 heterocycles. The number of methoxy groups -OCH3 is 1. The highest BCUT2D eigenvalue weighted by atomic mass is 79.9. The zero-order valence-corrected chi connectivity index (χ0v) is 19.2. The Kier molecular flexibility index (Phi) is 8.00. The lowest BCUT2D eigenvalue weighted by Crippen LogP contribution is -2.40. The lowest BCUT2D eigenvalue weighted by molar-refractivity contribution is 0.0680. The van der Waals surface area contributed by atoms with Crippen LogP contribution in [0.2, 0.25) is 0 Å². The number of amides is 1. The number of pyridine rings is 2. The average molecular weight is 484 g/mol. The Balaban J connectivity index is 1.76. The summed E-state index contributed by atoms with van der Waals surface area (Å²) in [6, 6.07) is 18.9. The maximum absolute atomic E-state index is 13.3. The summed E-state index contributed by atoms with van der Waals surface area (Å²) in [4.78, 5) is 23.8. The number of ether oxygens (including phenoxy) is 1. The number of rotatable bonds is 9. The third kappa shape index (κ3) is 6.28. The maximum atomic E-state index is 13.3. The number of hydrogen-bond donors (Lipinski definition) is 1. The molecule has 0 bridgehead atoms. The summed E-state index contributed by atoms with van der Waals surface area (Å²) in [5.74, 6) is 0.0579. The minimum absolute atomic E-state index is 0.00579. The molecule has 0 radical (unpaired) electrons. The minimum Gasteiger partial charge on any atom is -0.503 e. The van der Waals surface area contributed by atoms with Crippen LogP contribution in [0.1, 0.15) is 35.1 Å². The van der Waals surface area contributed by atoms with E-state index in [1.54, 1.807) is 24.3 Å². The molecule has 2 aromatic heterocycles. The second kappa shape index (κ2) is 10.9. The number of carbonyl (C=O) groups is 1. The molecule has 0 spiro atoms. The highest BCUT2D eigenvalue weighted by Crippen LogP contribution is 2.23. The Morgan fingerprint density at radius 3 is 2.55 bits per heavy atom. The number of carbonyl (C=O) groups excluding carboxylic acids is 1. The van der Waals surface area contributed by atoms with Gasteiger partial charge in [0.2, 0.25) is 0 Å². The van der Waals surface area contributed by atoms with Crippen molar-refractivity contribution in [2.75, 3.05) is 13.7 Å². The van der Waals surface area contributed by atoms with E-state index in [-0.39, 0.29) is 23.6 Å². The van der Waals surface area contributed by atoms with Crippen molar-refractivity contribution in [2.45, 2.75) is 32.2 Å². The van der Waals surface area contributed by atoms with Gasteiger partial charge in [-0.2, -0.15) is 0 Å². The van der Waals surface area contributed by atoms with Crippen LogP contribution >= 0.6 is 15.9 Å². The molecule has 162 valence electrons. The van der Waals surface area contributed by atoms with Crippen molar-refractivity contribution >= 4 is 21.8 Å². The van der Waals surface area contributed by atoms with Crippen LogP contribution in [-0.2, 0) is 12.8 Å². The van der Waals surface area contributed by atoms with Crippen LogP contribution in [0.5, 0.6) is 11.6 Å². The molecule has 0 saturated heterocycles. The molecule has 1 aromatic carbocycles. The molecule has 0 saturated carbocycles. The fraction of sp³-hybridized carbons (Fsp3) is 0.292. The zero-order chi connectivity index (χ0) is 22.2. The Bertz CT molecular complexity index is 1010. The van der Waals surface area contributed by atoms with Crippen molar-refractivity contribution in [1.29, 1.82) is 0 Å². The van der Waals surface area contributed by atoms with E-state index in [0.29, 0.717) is 23.3 Å². The molecule has 3 aromatic rings. The van der Waals surface area contributed by atoms with Gasteiger partial charge in [-0.05, 0) is 65.5 Å². The molecule has 1 unspecified atom stereocenters. The standard InChI is InChI=1S/C24H26BrN3O3/c1-17(11-12-18-7-4-3-5-8-18)28(24(30)20-9-6-10-22(25)27-20)16-15-19-13-14-21(29)23(26-19)31-2/h3-10,13-14,17,29H,11-12,15-16H2,1-2H3. The van der Waals surface area contributed by atoms with Gasteiger partial charge in [-0.25, -0.2) is 9.97 Å². The molecule has 0 aliphatic heterocycles. The average Bonchev–Trinajstić information content (AvgIpc) is 2.79. The summed E-state index contributed by atoms with van der Waals surface area (Å²) in [6.07, 6.45) is 2.24. The monoisotopic (exact) mass is 483 g/mol. The van der Waals surface area contributed by atoms with E-state index < -0.39 is 0 Å². The van der Waals surface area contributed by atoms with Crippen LogP contribution in [0.25, 0.3) is 0 Å². The van der Waals surface area contributed by atoms with Crippen LogP contribution in [0.4, 0.5) is 0 Å². The van der Waals surface area contributed by atoms with Crippen LogP contribution < -0.4 is 4.74 Å². The second-order valence-electron chi connectivity index (χ2n) is 7.30. The van der Waals surface area contributed by atoms with Gasteiger partial charge in [0.15, 0.2) is 5.75 Å². The van der Waals surface area contributed by atoms with Gasteiger partial charge in [-0.1, -0.05) is 36.4 Å². The first-order chi connectivity index (χ1) is 15.0. The first-order valence-electron chi connectivity index (χ1n) is 10.2. The van der Waals surface area contributed by atoms with Crippen molar-refractivity contribution in [3.8, 4) is 11.6 Å². The molecule has 7 heteroatoms. The van der Waals surface area contributed by atoms with Gasteiger partial charge < -0.3 is 14.7 Å². The third-order valence-corrected chi connectivity index (χ3v) is 5.56. The number of benzene rings is 1. The van der Waals surface area contributed by atoms with E-state index >= 15 is 0 Å². The summed E-state index contributed by atoms with van der Waals surface area (Å²) in [5, 5.41) is 9.78. The van der Waals surface area contributed by atoms with E-state index in [4.69, 9.17) is 4.74 Å². The maximum Gasteiger partial charge on any atom is 0.272 e. The van der Waals surface area contributed by atoms with Crippen LogP contribution in [0, 0.1) is 0 Å². The SMILES string of the molecule is COc1nc(CCN(C(=O)c2cccc(Br)n2)C(C)CCc2ccccc2)ccc1O. The number of halogens is 1. The van der Waals surface area contributed by atoms with Crippen LogP contribution in [0.15, 0.2) is 65.3 Å². The predicted octanol–water partition coefficient (Wildman–Crippen LogP) is 4.66. The number of aryl methyl sites for hydroxylation is 1. The largest absolute Gasteiger partial charge is 0.503 e. The summed E-state index contributed by atoms with van der Waals surface area (Å²) in [5.41, 5.74) is 2.38. The quantitative estimate of drug-likeness (QED) is 0.448. The van der Waals surface area contributed by atoms with E-state index in [2.05, 4.69) is 45.0 Å². The van der Waals surface area contributed by atoms with Gasteiger partial charge in [0.05, 0.1) is 7.11 Å². The normalized spacial score (nSPS) is 11.7. The first-order valence-corrected chi connectivity index (χ1v) is 11.0. The molecule has 31 heavy (non-hydrogen) atoms. The van der Waals surface area contributed by atoms with Crippen molar-refractivity contribution in [3.05, 3.63) is 82.2 Å². The third-order valence-electron chi connectivity index (χ3n) is 5.12. The molecule has 1 amide bonds. The number of hydrogen-bond acceptors (Lipinski definition) is 5. The van der Waals surface area contributed by atoms with Gasteiger partial charge in [-0.3, -0.25) is 4.79 Å². The molecule has 3 rings (SSSR count). The fourth-order valence-corrected chi connectivity index (χ4v) is 3.71. The highest BCUT2D eigenvalue weighted by Gasteiger charge is 2.23. The van der Waals surface area contributed by atoms with Gasteiger partial charge in [0.1, 0.15) is 10.3 Å². The molecule has 1 atom stereocenters. The lowest BCUT2D eigenvalue weighted by atomic mass is 10.0. The van der Waals surface area contributed by atoms with Crippen LogP contribution in [0.3, 0.4) is 0 Å². The molecular weight excluding hydrogens is 458 g/mol. The Hall–Kier alpha value is -2.93. The summed E-state index contributed by atoms with van der Waals surface area (Å²) >= 11 is 3.35. The van der Waals surface area contributed by atoms with Gasteiger partial charge in [-0.15, -0.1) is 0 Å². The molecule has 1 N–H and O–H groups in total. The van der Waals surface area contributed by atoms with Crippen molar-refractivity contribution < 1.29 is 14.6 Å². The highest BCUT2D eigenvalue weighted by molar-refractivity contribution is 9.10. The number of nitrogens with zero attached hydrogens (tertiary/aromatic N) is 3. The fourth-order valence-electron chi connectivity index (χ4n) is 3.37. The molecule has 6 nitrogen and oxygen atoms in total. The van der Waals surface area contributed by atoms with Crippen molar-refractivity contribution in [1.82, 2.24) is 14.9 Å². The second-order valence-corrected chi connectivity index (χ2v) is 8.11. The predicted molar refractivity (Wildman–Crippen MR) is 123 cm³/mol. The van der Waals surface area contributed by atoms with E-state index in [0.717, 1.165) is 18.5 Å². The molecule has 0 aliphatic carbocycles. The van der Waals surface area contributed by atoms with Crippen molar-refractivity contribution in [2.24, 2.45) is 0 Å². The minimum atomic E-state index is -0.118. The van der Waals surface area contributed by atoms with E-state index in [9.17, 15) is 9.90 Å².